The Bertz CT molecular complexity index is 769. The van der Waals surface area contributed by atoms with Crippen molar-refractivity contribution in [2.24, 2.45) is 0 Å². The normalized spacial score (nSPS) is 10.7. The van der Waals surface area contributed by atoms with Gasteiger partial charge in [0.25, 0.3) is 0 Å². The largest absolute Gasteiger partial charge is 0.504 e. The van der Waals surface area contributed by atoms with Crippen molar-refractivity contribution in [2.75, 3.05) is 14.2 Å². The first kappa shape index (κ1) is 19.1. The van der Waals surface area contributed by atoms with Gasteiger partial charge in [-0.15, -0.1) is 0 Å². The molecule has 0 saturated heterocycles. The molecule has 0 aromatic heterocycles. The molecule has 0 aliphatic heterocycles. The van der Waals surface area contributed by atoms with Gasteiger partial charge in [-0.3, -0.25) is 9.59 Å². The predicted molar refractivity (Wildman–Crippen MR) is 96.6 cm³/mol. The number of carbonyl (C=O) groups excluding carboxylic acids is 2. The van der Waals surface area contributed by atoms with Gasteiger partial charge in [-0.2, -0.15) is 0 Å². The smallest absolute Gasteiger partial charge is 0.168 e. The van der Waals surface area contributed by atoms with E-state index < -0.39 is 0 Å². The number of ether oxygens (including phenoxy) is 2. The molecule has 0 heterocycles. The minimum Gasteiger partial charge on any atom is -0.504 e. The van der Waals surface area contributed by atoms with E-state index in [2.05, 4.69) is 0 Å². The van der Waals surface area contributed by atoms with Gasteiger partial charge in [0.05, 0.1) is 25.3 Å². The third kappa shape index (κ3) is 4.22. The Labute approximate surface area is 151 Å². The summed E-state index contributed by atoms with van der Waals surface area (Å²) in [5.74, 6) is 0.148. The number of carbonyl (C=O) groups is 2. The zero-order valence-electron chi connectivity index (χ0n) is 14.6. The number of allylic oxidation sites excluding steroid dienone is 2. The van der Waals surface area contributed by atoms with Crippen LogP contribution in [0, 0.1) is 0 Å². The summed E-state index contributed by atoms with van der Waals surface area (Å²) in [5.41, 5.74) is 1.98. The van der Waals surface area contributed by atoms with Crippen LogP contribution in [0.15, 0.2) is 36.4 Å². The maximum Gasteiger partial charge on any atom is 0.168 e. The number of aromatic hydroxyl groups is 2. The Morgan fingerprint density at radius 2 is 1.15 bits per heavy atom. The van der Waals surface area contributed by atoms with Crippen LogP contribution in [0.5, 0.6) is 23.0 Å². The van der Waals surface area contributed by atoms with E-state index in [9.17, 15) is 19.8 Å². The maximum absolute atomic E-state index is 11.0. The first-order valence-electron chi connectivity index (χ1n) is 7.89. The molecule has 2 aromatic carbocycles. The lowest BCUT2D eigenvalue weighted by atomic mass is 10.0. The standard InChI is InChI=1S/C20H20O6/c1-25-17-9-13(7-15(11-21)19(17)23)5-3-4-6-14-8-16(12-22)20(24)18(10-14)26-2/h3-4,7-12,23-24H,5-6H2,1-2H3/b4-3+. The van der Waals surface area contributed by atoms with Crippen molar-refractivity contribution in [1.29, 1.82) is 0 Å². The highest BCUT2D eigenvalue weighted by Gasteiger charge is 2.10. The minimum atomic E-state index is -0.173. The average Bonchev–Trinajstić information content (AvgIpc) is 2.66. The molecule has 136 valence electrons. The van der Waals surface area contributed by atoms with Crippen LogP contribution in [-0.2, 0) is 12.8 Å². The van der Waals surface area contributed by atoms with Gasteiger partial charge in [0.2, 0.25) is 0 Å². The van der Waals surface area contributed by atoms with E-state index in [-0.39, 0.29) is 34.1 Å². The third-order valence-electron chi connectivity index (χ3n) is 3.90. The zero-order chi connectivity index (χ0) is 19.1. The predicted octanol–water partition coefficient (Wildman–Crippen LogP) is 3.08. The van der Waals surface area contributed by atoms with Crippen LogP contribution >= 0.6 is 0 Å². The summed E-state index contributed by atoms with van der Waals surface area (Å²) in [7, 11) is 2.85. The first-order chi connectivity index (χ1) is 12.5. The van der Waals surface area contributed by atoms with Gasteiger partial charge in [0.1, 0.15) is 0 Å². The molecule has 0 amide bonds. The van der Waals surface area contributed by atoms with Crippen LogP contribution in [-0.4, -0.2) is 37.0 Å². The van der Waals surface area contributed by atoms with Gasteiger partial charge in [-0.1, -0.05) is 12.2 Å². The van der Waals surface area contributed by atoms with Gasteiger partial charge in [0.15, 0.2) is 35.6 Å². The topological polar surface area (TPSA) is 93.1 Å². The third-order valence-corrected chi connectivity index (χ3v) is 3.90. The fourth-order valence-corrected chi connectivity index (χ4v) is 2.54. The molecule has 2 N–H and O–H groups in total. The number of methoxy groups -OCH3 is 2. The Balaban J connectivity index is 2.13. The first-order valence-corrected chi connectivity index (χ1v) is 7.89. The molecule has 0 radical (unpaired) electrons. The molecular weight excluding hydrogens is 336 g/mol. The molecule has 2 aromatic rings. The second-order valence-corrected chi connectivity index (χ2v) is 5.59. The van der Waals surface area contributed by atoms with Crippen LogP contribution < -0.4 is 9.47 Å². The SMILES string of the molecule is COc1cc(C/C=C/Cc2cc(C=O)c(O)c(OC)c2)cc(C=O)c1O. The lowest BCUT2D eigenvalue weighted by Gasteiger charge is -2.08. The van der Waals surface area contributed by atoms with Crippen molar-refractivity contribution in [1.82, 2.24) is 0 Å². The van der Waals surface area contributed by atoms with E-state index in [0.29, 0.717) is 25.4 Å². The average molecular weight is 356 g/mol. The molecule has 6 heteroatoms. The van der Waals surface area contributed by atoms with Crippen LogP contribution in [0.2, 0.25) is 0 Å². The number of phenols is 2. The Morgan fingerprint density at radius 1 is 0.769 bits per heavy atom. The fraction of sp³-hybridized carbons (Fsp3) is 0.200. The highest BCUT2D eigenvalue weighted by Crippen LogP contribution is 2.31. The number of aldehydes is 2. The minimum absolute atomic E-state index is 0.173. The van der Waals surface area contributed by atoms with Crippen LogP contribution in [0.3, 0.4) is 0 Å². The molecule has 0 fully saturated rings. The molecule has 26 heavy (non-hydrogen) atoms. The summed E-state index contributed by atoms with van der Waals surface area (Å²) in [6.07, 6.45) is 6.03. The van der Waals surface area contributed by atoms with Crippen molar-refractivity contribution >= 4 is 12.6 Å². The van der Waals surface area contributed by atoms with E-state index in [1.807, 2.05) is 12.2 Å². The number of rotatable bonds is 8. The summed E-state index contributed by atoms with van der Waals surface area (Å²) < 4.78 is 10.1. The van der Waals surface area contributed by atoms with E-state index in [1.165, 1.54) is 14.2 Å². The Morgan fingerprint density at radius 3 is 1.46 bits per heavy atom. The summed E-state index contributed by atoms with van der Waals surface area (Å²) in [6.45, 7) is 0. The number of hydrogen-bond donors (Lipinski definition) is 2. The van der Waals surface area contributed by atoms with Gasteiger partial charge in [-0.05, 0) is 48.2 Å². The number of benzene rings is 2. The highest BCUT2D eigenvalue weighted by atomic mass is 16.5. The summed E-state index contributed by atoms with van der Waals surface area (Å²) in [4.78, 5) is 22.0. The molecular formula is C20H20O6. The lowest BCUT2D eigenvalue weighted by Crippen LogP contribution is -1.93. The second kappa shape index (κ2) is 8.71. The van der Waals surface area contributed by atoms with E-state index in [1.54, 1.807) is 24.3 Å². The van der Waals surface area contributed by atoms with E-state index in [4.69, 9.17) is 9.47 Å². The molecule has 0 aliphatic rings. The molecule has 0 atom stereocenters. The van der Waals surface area contributed by atoms with Crippen LogP contribution in [0.4, 0.5) is 0 Å². The van der Waals surface area contributed by atoms with Crippen LogP contribution in [0.25, 0.3) is 0 Å². The van der Waals surface area contributed by atoms with Gasteiger partial charge >= 0.3 is 0 Å². The lowest BCUT2D eigenvalue weighted by molar-refractivity contribution is 0.111. The van der Waals surface area contributed by atoms with Gasteiger partial charge in [-0.25, -0.2) is 0 Å². The van der Waals surface area contributed by atoms with Crippen molar-refractivity contribution in [3.05, 3.63) is 58.7 Å². The molecule has 2 rings (SSSR count). The fourth-order valence-electron chi connectivity index (χ4n) is 2.54. The van der Waals surface area contributed by atoms with Crippen LogP contribution in [0.1, 0.15) is 31.8 Å². The second-order valence-electron chi connectivity index (χ2n) is 5.59. The molecule has 0 bridgehead atoms. The van der Waals surface area contributed by atoms with Crippen molar-refractivity contribution in [3.63, 3.8) is 0 Å². The maximum atomic E-state index is 11.0. The highest BCUT2D eigenvalue weighted by molar-refractivity contribution is 5.82. The molecule has 0 spiro atoms. The van der Waals surface area contributed by atoms with Gasteiger partial charge in [0, 0.05) is 0 Å². The summed E-state index contributed by atoms with van der Waals surface area (Å²) in [6, 6.07) is 6.54. The quantitative estimate of drug-likeness (QED) is 0.558. The van der Waals surface area contributed by atoms with E-state index in [0.717, 1.165) is 11.1 Å². The van der Waals surface area contributed by atoms with Crippen molar-refractivity contribution < 1.29 is 29.3 Å². The monoisotopic (exact) mass is 356 g/mol. The summed E-state index contributed by atoms with van der Waals surface area (Å²) in [5, 5.41) is 19.6. The molecule has 0 unspecified atom stereocenters. The molecule has 0 aliphatic carbocycles. The number of phenolic OH excluding ortho intramolecular Hbond substituents is 2. The Hall–Kier alpha value is -3.28. The van der Waals surface area contributed by atoms with Crippen molar-refractivity contribution in [3.8, 4) is 23.0 Å². The molecule has 6 nitrogen and oxygen atoms in total. The van der Waals surface area contributed by atoms with Crippen molar-refractivity contribution in [2.45, 2.75) is 12.8 Å². The van der Waals surface area contributed by atoms with Gasteiger partial charge < -0.3 is 19.7 Å². The number of hydrogen-bond acceptors (Lipinski definition) is 6. The zero-order valence-corrected chi connectivity index (χ0v) is 14.6. The molecule has 0 saturated carbocycles. The summed E-state index contributed by atoms with van der Waals surface area (Å²) >= 11 is 0. The Kier molecular flexibility index (Phi) is 6.38. The van der Waals surface area contributed by atoms with E-state index >= 15 is 0 Å².